The number of pyridine rings is 1. The molecular weight excluding hydrogens is 396 g/mol. The van der Waals surface area contributed by atoms with Crippen molar-refractivity contribution in [3.63, 3.8) is 0 Å². The minimum atomic E-state index is -0.0513. The summed E-state index contributed by atoms with van der Waals surface area (Å²) in [5, 5.41) is 4.24. The van der Waals surface area contributed by atoms with Crippen LogP contribution in [0.15, 0.2) is 67.0 Å². The van der Waals surface area contributed by atoms with Gasteiger partial charge in [-0.05, 0) is 55.0 Å². The molecule has 0 amide bonds. The van der Waals surface area contributed by atoms with Crippen LogP contribution in [-0.4, -0.2) is 46.9 Å². The van der Waals surface area contributed by atoms with Crippen molar-refractivity contribution in [2.45, 2.75) is 18.5 Å². The second-order valence-corrected chi connectivity index (χ2v) is 7.53. The predicted octanol–water partition coefficient (Wildman–Crippen LogP) is 3.89. The van der Waals surface area contributed by atoms with E-state index >= 15 is 0 Å². The summed E-state index contributed by atoms with van der Waals surface area (Å²) < 4.78 is 13.1. The van der Waals surface area contributed by atoms with Crippen LogP contribution in [0, 0.1) is 0 Å². The number of methoxy groups -OCH3 is 2. The zero-order valence-electron chi connectivity index (χ0n) is 17.2. The fourth-order valence-corrected chi connectivity index (χ4v) is 4.36. The molecule has 0 aliphatic carbocycles. The highest BCUT2D eigenvalue weighted by Gasteiger charge is 2.41. The monoisotopic (exact) mass is 422 g/mol. The summed E-state index contributed by atoms with van der Waals surface area (Å²) in [7, 11) is 3.42. The number of nitrogens with zero attached hydrogens (tertiary/aromatic N) is 3. The quantitative estimate of drug-likeness (QED) is 0.439. The Morgan fingerprint density at radius 3 is 2.67 bits per heavy atom. The molecule has 1 N–H and O–H groups in total. The van der Waals surface area contributed by atoms with Gasteiger partial charge in [-0.3, -0.25) is 4.98 Å². The minimum absolute atomic E-state index is 0.0100. The van der Waals surface area contributed by atoms with Crippen molar-refractivity contribution >= 4 is 17.3 Å². The first kappa shape index (κ1) is 20.4. The molecule has 4 rings (SSSR count). The molecule has 2 aromatic heterocycles. The summed E-state index contributed by atoms with van der Waals surface area (Å²) in [5.74, 6) is 0.823. The molecule has 7 heteroatoms. The van der Waals surface area contributed by atoms with Gasteiger partial charge in [0.2, 0.25) is 0 Å². The van der Waals surface area contributed by atoms with E-state index in [1.165, 1.54) is 0 Å². The van der Waals surface area contributed by atoms with Crippen LogP contribution in [0.1, 0.15) is 29.9 Å². The summed E-state index contributed by atoms with van der Waals surface area (Å²) in [6, 6.07) is 18.2. The predicted molar refractivity (Wildman–Crippen MR) is 121 cm³/mol. The number of para-hydroxylation sites is 2. The van der Waals surface area contributed by atoms with Gasteiger partial charge in [0.15, 0.2) is 5.11 Å². The molecule has 3 heterocycles. The summed E-state index contributed by atoms with van der Waals surface area (Å²) in [4.78, 5) is 6.86. The summed E-state index contributed by atoms with van der Waals surface area (Å²) in [5.41, 5.74) is 3.08. The third-order valence-corrected chi connectivity index (χ3v) is 5.73. The van der Waals surface area contributed by atoms with Gasteiger partial charge in [0.05, 0.1) is 30.6 Å². The average Bonchev–Trinajstić information content (AvgIpc) is 3.39. The zero-order valence-corrected chi connectivity index (χ0v) is 18.0. The molecule has 1 saturated heterocycles. The number of ether oxygens (including phenoxy) is 2. The fourth-order valence-electron chi connectivity index (χ4n) is 4.03. The van der Waals surface area contributed by atoms with Crippen LogP contribution in [-0.2, 0) is 4.74 Å². The molecule has 0 spiro atoms. The highest BCUT2D eigenvalue weighted by Crippen LogP contribution is 2.40. The molecule has 6 nitrogen and oxygen atoms in total. The lowest BCUT2D eigenvalue weighted by Gasteiger charge is -2.29. The van der Waals surface area contributed by atoms with Crippen LogP contribution in [0.25, 0.3) is 5.69 Å². The number of thiocarbonyl (C=S) groups is 1. The number of hydrogen-bond donors (Lipinski definition) is 1. The van der Waals surface area contributed by atoms with Gasteiger partial charge >= 0.3 is 0 Å². The molecule has 0 unspecified atom stereocenters. The molecule has 2 atom stereocenters. The Hall–Kier alpha value is -2.90. The Morgan fingerprint density at radius 1 is 1.07 bits per heavy atom. The molecule has 1 fully saturated rings. The normalized spacial score (nSPS) is 18.5. The van der Waals surface area contributed by atoms with Crippen molar-refractivity contribution in [1.82, 2.24) is 19.8 Å². The van der Waals surface area contributed by atoms with Gasteiger partial charge in [-0.25, -0.2) is 0 Å². The molecule has 3 aromatic rings. The molecule has 0 saturated carbocycles. The van der Waals surface area contributed by atoms with Crippen LogP contribution >= 0.6 is 12.2 Å². The van der Waals surface area contributed by atoms with E-state index in [0.717, 1.165) is 40.9 Å². The highest BCUT2D eigenvalue weighted by molar-refractivity contribution is 7.80. The Labute approximate surface area is 182 Å². The smallest absolute Gasteiger partial charge is 0.170 e. The van der Waals surface area contributed by atoms with E-state index in [0.29, 0.717) is 6.61 Å². The summed E-state index contributed by atoms with van der Waals surface area (Å²) >= 11 is 5.74. The van der Waals surface area contributed by atoms with Crippen molar-refractivity contribution in [2.24, 2.45) is 0 Å². The fraction of sp³-hybridized carbons (Fsp3) is 0.304. The number of nitrogens with one attached hydrogen (secondary N) is 1. The SMILES string of the molecule is COCCCN1C(=S)N[C@H](c2ccccn2)[C@@H]1c1cccn1-c1ccccc1OC. The Bertz CT molecular complexity index is 992. The Balaban J connectivity index is 1.78. The van der Waals surface area contributed by atoms with Gasteiger partial charge in [-0.15, -0.1) is 0 Å². The van der Waals surface area contributed by atoms with Gasteiger partial charge in [0.25, 0.3) is 0 Å². The van der Waals surface area contributed by atoms with Gasteiger partial charge in [0, 0.05) is 38.3 Å². The first-order valence-electron chi connectivity index (χ1n) is 10.0. The average molecular weight is 423 g/mol. The van der Waals surface area contributed by atoms with Crippen molar-refractivity contribution < 1.29 is 9.47 Å². The summed E-state index contributed by atoms with van der Waals surface area (Å²) in [6.45, 7) is 1.48. The van der Waals surface area contributed by atoms with E-state index in [9.17, 15) is 0 Å². The Morgan fingerprint density at radius 2 is 1.90 bits per heavy atom. The van der Waals surface area contributed by atoms with E-state index in [2.05, 4.69) is 44.2 Å². The van der Waals surface area contributed by atoms with Gasteiger partial charge in [0.1, 0.15) is 5.75 Å². The van der Waals surface area contributed by atoms with E-state index < -0.39 is 0 Å². The maximum Gasteiger partial charge on any atom is 0.170 e. The largest absolute Gasteiger partial charge is 0.495 e. The van der Waals surface area contributed by atoms with Crippen molar-refractivity contribution in [3.8, 4) is 11.4 Å². The zero-order chi connectivity index (χ0) is 20.9. The number of benzene rings is 1. The molecule has 30 heavy (non-hydrogen) atoms. The minimum Gasteiger partial charge on any atom is -0.495 e. The first-order valence-corrected chi connectivity index (χ1v) is 10.4. The van der Waals surface area contributed by atoms with Gasteiger partial charge in [-0.2, -0.15) is 0 Å². The lowest BCUT2D eigenvalue weighted by molar-refractivity contribution is 0.180. The lowest BCUT2D eigenvalue weighted by Crippen LogP contribution is -2.32. The summed E-state index contributed by atoms with van der Waals surface area (Å²) in [6.07, 6.45) is 4.78. The second kappa shape index (κ2) is 9.28. The van der Waals surface area contributed by atoms with Crippen LogP contribution in [0.5, 0.6) is 5.75 Å². The van der Waals surface area contributed by atoms with Crippen LogP contribution in [0.3, 0.4) is 0 Å². The van der Waals surface area contributed by atoms with Crippen molar-refractivity contribution in [1.29, 1.82) is 0 Å². The van der Waals surface area contributed by atoms with E-state index in [-0.39, 0.29) is 12.1 Å². The molecule has 1 aliphatic rings. The van der Waals surface area contributed by atoms with Crippen LogP contribution in [0.2, 0.25) is 0 Å². The molecule has 1 aromatic carbocycles. The van der Waals surface area contributed by atoms with Gasteiger partial charge < -0.3 is 24.3 Å². The molecule has 1 aliphatic heterocycles. The molecule has 156 valence electrons. The third-order valence-electron chi connectivity index (χ3n) is 5.37. The maximum atomic E-state index is 5.74. The highest BCUT2D eigenvalue weighted by atomic mass is 32.1. The number of rotatable bonds is 8. The molecular formula is C23H26N4O2S. The van der Waals surface area contributed by atoms with Crippen molar-refractivity contribution in [3.05, 3.63) is 78.4 Å². The second-order valence-electron chi connectivity index (χ2n) is 7.14. The molecule has 0 bridgehead atoms. The first-order chi connectivity index (χ1) is 14.7. The number of hydrogen-bond acceptors (Lipinski definition) is 4. The molecule has 0 radical (unpaired) electrons. The lowest BCUT2D eigenvalue weighted by atomic mass is 10.0. The van der Waals surface area contributed by atoms with Gasteiger partial charge in [-0.1, -0.05) is 18.2 Å². The third kappa shape index (κ3) is 3.91. The standard InChI is InChI=1S/C23H26N4O2S/c1-28-16-8-15-27-22(21(25-23(27)30)17-9-5-6-13-24-17)19-11-7-14-26(19)18-10-3-4-12-20(18)29-2/h3-7,9-14,21-22H,8,15-16H2,1-2H3,(H,25,30)/t21-,22+/m1/s1. The number of aromatic nitrogens is 2. The topological polar surface area (TPSA) is 51.5 Å². The Kier molecular flexibility index (Phi) is 6.30. The van der Waals surface area contributed by atoms with E-state index in [1.807, 2.05) is 42.6 Å². The van der Waals surface area contributed by atoms with Crippen LogP contribution < -0.4 is 10.1 Å². The van der Waals surface area contributed by atoms with Crippen molar-refractivity contribution in [2.75, 3.05) is 27.4 Å². The van der Waals surface area contributed by atoms with E-state index in [4.69, 9.17) is 21.7 Å². The van der Waals surface area contributed by atoms with E-state index in [1.54, 1.807) is 14.2 Å². The van der Waals surface area contributed by atoms with Crippen LogP contribution in [0.4, 0.5) is 0 Å². The maximum absolute atomic E-state index is 5.74.